The summed E-state index contributed by atoms with van der Waals surface area (Å²) in [5.74, 6) is 2.93. The molecule has 4 fully saturated rings. The lowest BCUT2D eigenvalue weighted by molar-refractivity contribution is -0.119. The zero-order chi connectivity index (χ0) is 47.8. The average Bonchev–Trinajstić information content (AvgIpc) is 4.17. The van der Waals surface area contributed by atoms with Gasteiger partial charge in [-0.3, -0.25) is 9.59 Å². The summed E-state index contributed by atoms with van der Waals surface area (Å²) >= 11 is 6.07. The van der Waals surface area contributed by atoms with Crippen LogP contribution in [0.15, 0.2) is 63.6 Å². The van der Waals surface area contributed by atoms with Gasteiger partial charge in [-0.05, 0) is 120 Å². The average molecular weight is 986 g/mol. The minimum Gasteiger partial charge on any atom is -0.361 e. The molecule has 8 heterocycles. The predicted octanol–water partition coefficient (Wildman–Crippen LogP) is 8.73. The SMILES string of the molecule is Cc1noc(C)c1-c1ccc2c(c1)nc([C@@H]1CCC(=O)N1)n2C1CCS(=O)(=O)CC1.Cc1noc(C)c1-c1ccc2c(c1)nc([C@@H]1CCC(=O)N1c1ccc(F)c(Cl)c1)n2C1CCS(=O)(=O)CC1. The van der Waals surface area contributed by atoms with Crippen LogP contribution < -0.4 is 10.2 Å². The van der Waals surface area contributed by atoms with E-state index >= 15 is 0 Å². The summed E-state index contributed by atoms with van der Waals surface area (Å²) in [6.45, 7) is 7.55. The van der Waals surface area contributed by atoms with Gasteiger partial charge in [0.05, 0.1) is 73.6 Å². The number of hydrogen-bond acceptors (Lipinski definition) is 12. The number of nitrogens with one attached hydrogen (secondary N) is 1. The van der Waals surface area contributed by atoms with Gasteiger partial charge in [0, 0.05) is 41.7 Å². The lowest BCUT2D eigenvalue weighted by Crippen LogP contribution is -2.31. The van der Waals surface area contributed by atoms with E-state index in [0.717, 1.165) is 67.3 Å². The van der Waals surface area contributed by atoms with Gasteiger partial charge in [0.2, 0.25) is 11.8 Å². The number of halogens is 2. The largest absolute Gasteiger partial charge is 0.361 e. The second-order valence-corrected chi connectivity index (χ2v) is 23.3. The molecule has 1 N–H and O–H groups in total. The van der Waals surface area contributed by atoms with Crippen molar-refractivity contribution in [2.45, 2.75) is 103 Å². The molecule has 3 aromatic carbocycles. The van der Waals surface area contributed by atoms with Crippen LogP contribution in [0.1, 0.15) is 110 Å². The Hall–Kier alpha value is -5.92. The first-order valence-corrected chi connectivity index (χ1v) is 26.8. The fourth-order valence-corrected chi connectivity index (χ4v) is 13.7. The number of anilines is 1. The molecule has 4 saturated heterocycles. The number of imidazole rings is 2. The zero-order valence-electron chi connectivity index (χ0n) is 38.0. The molecule has 356 valence electrons. The van der Waals surface area contributed by atoms with Crippen molar-refractivity contribution in [3.63, 3.8) is 0 Å². The molecule has 0 spiro atoms. The number of hydrogen-bond donors (Lipinski definition) is 1. The van der Waals surface area contributed by atoms with Gasteiger partial charge >= 0.3 is 0 Å². The molecule has 2 atom stereocenters. The monoisotopic (exact) mass is 984 g/mol. The number of carbonyl (C=O) groups excluding carboxylic acids is 2. The summed E-state index contributed by atoms with van der Waals surface area (Å²) in [5, 5.41) is 11.1. The molecular formula is C48H50ClFN8O8S2. The van der Waals surface area contributed by atoms with Crippen LogP contribution in [0.3, 0.4) is 0 Å². The van der Waals surface area contributed by atoms with Crippen molar-refractivity contribution in [3.8, 4) is 22.3 Å². The van der Waals surface area contributed by atoms with Crippen LogP contribution in [0.2, 0.25) is 5.02 Å². The Morgan fingerprint density at radius 1 is 0.662 bits per heavy atom. The number of rotatable bonds is 7. The lowest BCUT2D eigenvalue weighted by atomic mass is 10.0. The number of sulfone groups is 2. The van der Waals surface area contributed by atoms with E-state index < -0.39 is 31.5 Å². The highest BCUT2D eigenvalue weighted by molar-refractivity contribution is 7.91. The quantitative estimate of drug-likeness (QED) is 0.159. The molecule has 16 nitrogen and oxygen atoms in total. The molecule has 11 rings (SSSR count). The summed E-state index contributed by atoms with van der Waals surface area (Å²) in [6, 6.07) is 15.7. The number of nitrogens with zero attached hydrogens (tertiary/aromatic N) is 7. The number of aromatic nitrogens is 6. The first-order valence-electron chi connectivity index (χ1n) is 22.8. The first-order chi connectivity index (χ1) is 32.4. The lowest BCUT2D eigenvalue weighted by Gasteiger charge is -2.30. The van der Waals surface area contributed by atoms with Crippen molar-refractivity contribution in [1.29, 1.82) is 0 Å². The third kappa shape index (κ3) is 8.50. The van der Waals surface area contributed by atoms with Gasteiger partial charge in [-0.15, -0.1) is 0 Å². The second kappa shape index (κ2) is 17.6. The van der Waals surface area contributed by atoms with E-state index in [9.17, 15) is 30.8 Å². The van der Waals surface area contributed by atoms with Gasteiger partial charge in [-0.2, -0.15) is 0 Å². The molecule has 4 aliphatic rings. The van der Waals surface area contributed by atoms with Gasteiger partial charge in [0.25, 0.3) is 0 Å². The first kappa shape index (κ1) is 45.8. The maximum Gasteiger partial charge on any atom is 0.227 e. The number of aryl methyl sites for hydroxylation is 4. The fourth-order valence-electron chi connectivity index (χ4n) is 10.6. The number of benzene rings is 3. The third-order valence-corrected chi connectivity index (χ3v) is 17.6. The van der Waals surface area contributed by atoms with Gasteiger partial charge in [-0.1, -0.05) is 34.0 Å². The van der Waals surface area contributed by atoms with Crippen LogP contribution in [0.25, 0.3) is 44.3 Å². The van der Waals surface area contributed by atoms with E-state index in [4.69, 9.17) is 30.6 Å². The highest BCUT2D eigenvalue weighted by atomic mass is 35.5. The Balaban J connectivity index is 0.000000163. The molecule has 2 amide bonds. The normalized spacial score (nSPS) is 20.9. The van der Waals surface area contributed by atoms with Crippen molar-refractivity contribution >= 4 is 70.8 Å². The van der Waals surface area contributed by atoms with Gasteiger partial charge in [0.15, 0.2) is 0 Å². The highest BCUT2D eigenvalue weighted by Gasteiger charge is 2.39. The Kier molecular flexibility index (Phi) is 11.8. The summed E-state index contributed by atoms with van der Waals surface area (Å²) < 4.78 is 77.2. The van der Waals surface area contributed by atoms with Gasteiger partial charge < -0.3 is 28.4 Å². The third-order valence-electron chi connectivity index (χ3n) is 13.9. The standard InChI is InChI=1S/C27H26ClFN4O4S.C21H24N4O4S/c1-15-26(16(2)37-31-15)17-3-6-23-22(13-17)30-27(33(23)18-9-11-38(35,36)12-10-18)24-7-8-25(34)32(24)19-4-5-21(29)20(28)14-19;1-12-20(13(2)29-24-12)14-3-5-18-17(11-14)23-21(16-4-6-19(26)22-16)25(18)15-7-9-30(27,28)10-8-15/h3-6,13-14,18,24H,7-12H2,1-2H3;3,5,11,15-16H,4,6-10H2,1-2H3,(H,22,26)/t24-;16-/m00/s1. The topological polar surface area (TPSA) is 205 Å². The molecule has 68 heavy (non-hydrogen) atoms. The minimum absolute atomic E-state index is 0.0289. The van der Waals surface area contributed by atoms with Crippen LogP contribution in [0.5, 0.6) is 0 Å². The summed E-state index contributed by atoms with van der Waals surface area (Å²) in [6.07, 6.45) is 4.08. The summed E-state index contributed by atoms with van der Waals surface area (Å²) in [4.78, 5) is 36.5. The van der Waals surface area contributed by atoms with Crippen LogP contribution in [-0.4, -0.2) is 81.1 Å². The summed E-state index contributed by atoms with van der Waals surface area (Å²) in [7, 11) is -6.04. The molecular weight excluding hydrogens is 935 g/mol. The van der Waals surface area contributed by atoms with Crippen molar-refractivity contribution in [2.24, 2.45) is 0 Å². The molecule has 0 aliphatic carbocycles. The molecule has 0 saturated carbocycles. The molecule has 0 radical (unpaired) electrons. The maximum atomic E-state index is 13.9. The van der Waals surface area contributed by atoms with Gasteiger partial charge in [-0.25, -0.2) is 31.2 Å². The molecule has 0 bridgehead atoms. The predicted molar refractivity (Wildman–Crippen MR) is 254 cm³/mol. The minimum atomic E-state index is -3.07. The second-order valence-electron chi connectivity index (χ2n) is 18.3. The van der Waals surface area contributed by atoms with E-state index in [1.54, 1.807) is 11.0 Å². The number of fused-ring (bicyclic) bond motifs is 2. The van der Waals surface area contributed by atoms with Crippen LogP contribution in [-0.2, 0) is 29.3 Å². The zero-order valence-corrected chi connectivity index (χ0v) is 40.3. The van der Waals surface area contributed by atoms with E-state index in [0.29, 0.717) is 68.6 Å². The maximum absolute atomic E-state index is 13.9. The fraction of sp³-hybridized carbons (Fsp3) is 0.417. The van der Waals surface area contributed by atoms with Crippen molar-refractivity contribution in [3.05, 3.63) is 100.0 Å². The van der Waals surface area contributed by atoms with Crippen molar-refractivity contribution < 1.29 is 39.9 Å². The van der Waals surface area contributed by atoms with Crippen molar-refractivity contribution in [1.82, 2.24) is 34.7 Å². The highest BCUT2D eigenvalue weighted by Crippen LogP contribution is 2.43. The smallest absolute Gasteiger partial charge is 0.227 e. The Morgan fingerprint density at radius 2 is 1.18 bits per heavy atom. The Morgan fingerprint density at radius 3 is 1.65 bits per heavy atom. The molecule has 7 aromatic rings. The molecule has 4 aromatic heterocycles. The van der Waals surface area contributed by atoms with E-state index in [-0.39, 0.29) is 58.0 Å². The van der Waals surface area contributed by atoms with Crippen LogP contribution >= 0.6 is 11.6 Å². The number of carbonyl (C=O) groups is 2. The van der Waals surface area contributed by atoms with E-state index in [1.807, 2.05) is 64.1 Å². The van der Waals surface area contributed by atoms with E-state index in [2.05, 4.69) is 24.8 Å². The van der Waals surface area contributed by atoms with Crippen LogP contribution in [0.4, 0.5) is 10.1 Å². The molecule has 0 unspecified atom stereocenters. The number of amides is 2. The Bertz CT molecular complexity index is 3330. The molecule has 4 aliphatic heterocycles. The van der Waals surface area contributed by atoms with Gasteiger partial charge in [0.1, 0.15) is 48.7 Å². The Labute approximate surface area is 397 Å². The molecule has 20 heteroatoms. The van der Waals surface area contributed by atoms with E-state index in [1.165, 1.54) is 12.1 Å². The van der Waals surface area contributed by atoms with Crippen molar-refractivity contribution in [2.75, 3.05) is 27.9 Å². The van der Waals surface area contributed by atoms with Crippen LogP contribution in [0, 0.1) is 33.5 Å². The summed E-state index contributed by atoms with van der Waals surface area (Å²) in [5.41, 5.74) is 9.28.